The van der Waals surface area contributed by atoms with Crippen LogP contribution in [0, 0.1) is 32.0 Å². The van der Waals surface area contributed by atoms with Gasteiger partial charge in [0.2, 0.25) is 0 Å². The van der Waals surface area contributed by atoms with Crippen LogP contribution < -0.4 is 4.74 Å². The molecule has 4 rings (SSSR count). The van der Waals surface area contributed by atoms with Crippen LogP contribution in [-0.2, 0) is 15.1 Å². The third kappa shape index (κ3) is 4.56. The minimum Gasteiger partial charge on any atom is -0.481 e. The van der Waals surface area contributed by atoms with Crippen molar-refractivity contribution in [2.24, 2.45) is 0 Å². The monoisotopic (exact) mass is 449 g/mol. The van der Waals surface area contributed by atoms with Gasteiger partial charge in [0.1, 0.15) is 22.5 Å². The highest BCUT2D eigenvalue weighted by Crippen LogP contribution is 2.42. The van der Waals surface area contributed by atoms with E-state index in [-0.39, 0.29) is 22.9 Å². The Balaban J connectivity index is 1.47. The molecule has 164 valence electrons. The topological polar surface area (TPSA) is 35.5 Å². The number of aryl methyl sites for hydroxylation is 2. The number of carbonyl (C=O) groups is 1. The Kier molecular flexibility index (Phi) is 6.34. The third-order valence-corrected chi connectivity index (χ3v) is 7.64. The molecular formula is C27H26FO3S+. The number of hydrogen-bond acceptors (Lipinski definition) is 3. The molecule has 3 aromatic rings. The van der Waals surface area contributed by atoms with E-state index >= 15 is 0 Å². The first kappa shape index (κ1) is 22.1. The summed E-state index contributed by atoms with van der Waals surface area (Å²) in [5.41, 5.74) is 2.75. The number of ether oxygens (including phenoxy) is 2. The summed E-state index contributed by atoms with van der Waals surface area (Å²) in [4.78, 5) is 13.9. The number of halogens is 1. The molecule has 0 aliphatic heterocycles. The Bertz CT molecular complexity index is 1160. The van der Waals surface area contributed by atoms with Crippen LogP contribution in [0.15, 0.2) is 53.2 Å². The molecule has 1 heterocycles. The zero-order valence-electron chi connectivity index (χ0n) is 18.3. The summed E-state index contributed by atoms with van der Waals surface area (Å²) in [5, 5.41) is 4.19. The maximum atomic E-state index is 13.8. The van der Waals surface area contributed by atoms with Crippen molar-refractivity contribution >= 4 is 16.4 Å². The van der Waals surface area contributed by atoms with Gasteiger partial charge in [0, 0.05) is 28.7 Å². The summed E-state index contributed by atoms with van der Waals surface area (Å²) in [6.45, 7) is 3.75. The fourth-order valence-corrected chi connectivity index (χ4v) is 6.12. The summed E-state index contributed by atoms with van der Waals surface area (Å²) < 4.78 is 25.6. The van der Waals surface area contributed by atoms with Gasteiger partial charge in [-0.3, -0.25) is 0 Å². The van der Waals surface area contributed by atoms with Gasteiger partial charge in [-0.25, -0.2) is 9.18 Å². The molecule has 1 aromatic heterocycles. The number of carbonyl (C=O) groups excluding carboxylic acids is 1. The lowest BCUT2D eigenvalue weighted by molar-refractivity contribution is -0.163. The molecule has 1 saturated carbocycles. The average Bonchev–Trinajstić information content (AvgIpc) is 3.43. The molecule has 5 heteroatoms. The molecule has 2 aromatic carbocycles. The number of thiophene rings is 1. The van der Waals surface area contributed by atoms with Gasteiger partial charge in [-0.05, 0) is 68.4 Å². The highest BCUT2D eigenvalue weighted by Gasteiger charge is 2.39. The number of esters is 1. The molecule has 1 aliphatic carbocycles. The third-order valence-electron chi connectivity index (χ3n) is 5.93. The summed E-state index contributed by atoms with van der Waals surface area (Å²) in [6.07, 6.45) is 8.76. The Hall–Kier alpha value is -3.10. The molecule has 0 saturated heterocycles. The summed E-state index contributed by atoms with van der Waals surface area (Å²) in [5.74, 6) is 2.59. The Morgan fingerprint density at radius 2 is 1.88 bits per heavy atom. The van der Waals surface area contributed by atoms with Crippen molar-refractivity contribution < 1.29 is 18.7 Å². The average molecular weight is 450 g/mol. The van der Waals surface area contributed by atoms with E-state index in [9.17, 15) is 9.18 Å². The van der Waals surface area contributed by atoms with Crippen LogP contribution in [0.2, 0.25) is 0 Å². The predicted molar refractivity (Wildman–Crippen MR) is 126 cm³/mol. The van der Waals surface area contributed by atoms with Crippen molar-refractivity contribution in [1.82, 2.24) is 0 Å². The van der Waals surface area contributed by atoms with Crippen molar-refractivity contribution in [3.8, 4) is 23.0 Å². The van der Waals surface area contributed by atoms with Crippen LogP contribution in [-0.4, -0.2) is 12.6 Å². The first-order valence-corrected chi connectivity index (χ1v) is 12.1. The van der Waals surface area contributed by atoms with Gasteiger partial charge in [0.05, 0.1) is 5.56 Å². The van der Waals surface area contributed by atoms with Gasteiger partial charge in [0.25, 0.3) is 0 Å². The van der Waals surface area contributed by atoms with Gasteiger partial charge in [-0.15, -0.1) is 6.42 Å². The van der Waals surface area contributed by atoms with E-state index in [0.717, 1.165) is 34.4 Å². The lowest BCUT2D eigenvalue weighted by atomic mass is 9.92. The molecule has 0 N–H and O–H groups in total. The predicted octanol–water partition coefficient (Wildman–Crippen LogP) is 6.55. The van der Waals surface area contributed by atoms with Crippen LogP contribution in [0.1, 0.15) is 47.9 Å². The molecule has 1 aliphatic rings. The van der Waals surface area contributed by atoms with E-state index in [0.29, 0.717) is 24.2 Å². The van der Waals surface area contributed by atoms with E-state index < -0.39 is 11.6 Å². The normalized spacial score (nSPS) is 15.2. The second kappa shape index (κ2) is 9.18. The van der Waals surface area contributed by atoms with Crippen LogP contribution in [0.25, 0.3) is 4.90 Å². The summed E-state index contributed by atoms with van der Waals surface area (Å²) >= 11 is 0. The van der Waals surface area contributed by atoms with Crippen molar-refractivity contribution in [3.05, 3.63) is 81.3 Å². The van der Waals surface area contributed by atoms with Gasteiger partial charge >= 0.3 is 5.97 Å². The van der Waals surface area contributed by atoms with Gasteiger partial charge in [0.15, 0.2) is 16.9 Å². The van der Waals surface area contributed by atoms with Crippen molar-refractivity contribution in [1.29, 1.82) is 0 Å². The zero-order valence-corrected chi connectivity index (χ0v) is 19.1. The van der Waals surface area contributed by atoms with Crippen molar-refractivity contribution in [2.45, 2.75) is 45.1 Å². The van der Waals surface area contributed by atoms with Crippen molar-refractivity contribution in [2.75, 3.05) is 6.61 Å². The van der Waals surface area contributed by atoms with Gasteiger partial charge in [-0.1, -0.05) is 18.1 Å². The summed E-state index contributed by atoms with van der Waals surface area (Å²) in [6, 6.07) is 12.5. The van der Waals surface area contributed by atoms with Crippen LogP contribution >= 0.6 is 10.5 Å². The molecule has 3 nitrogen and oxygen atoms in total. The van der Waals surface area contributed by atoms with Gasteiger partial charge in [-0.2, -0.15) is 0 Å². The lowest BCUT2D eigenvalue weighted by Crippen LogP contribution is -2.32. The molecule has 0 spiro atoms. The highest BCUT2D eigenvalue weighted by molar-refractivity contribution is 7.37. The Labute approximate surface area is 191 Å². The molecule has 1 unspecified atom stereocenters. The number of benzene rings is 2. The van der Waals surface area contributed by atoms with E-state index in [4.69, 9.17) is 15.9 Å². The molecule has 32 heavy (non-hydrogen) atoms. The van der Waals surface area contributed by atoms with Crippen LogP contribution in [0.3, 0.4) is 0 Å². The first-order valence-electron chi connectivity index (χ1n) is 10.7. The van der Waals surface area contributed by atoms with Crippen molar-refractivity contribution in [3.63, 3.8) is 0 Å². The van der Waals surface area contributed by atoms with Crippen LogP contribution in [0.4, 0.5) is 4.39 Å². The number of hydrogen-bond donors (Lipinski definition) is 0. The van der Waals surface area contributed by atoms with Gasteiger partial charge < -0.3 is 9.47 Å². The Morgan fingerprint density at radius 3 is 2.50 bits per heavy atom. The molecule has 1 atom stereocenters. The van der Waals surface area contributed by atoms with E-state index in [1.165, 1.54) is 12.1 Å². The first-order chi connectivity index (χ1) is 15.4. The zero-order chi connectivity index (χ0) is 22.7. The standard InChI is InChI=1S/C27H26FO3S/c1-4-21-10-13-32(18-21)24-14-19(2)26(20(3)15-24)30-17-25(29)31-27(11-5-6-12-27)22-8-7-9-23(28)16-22/h1,7-10,13-16,18H,5-6,11-12,17H2,2-3H3/q+1. The molecule has 0 bridgehead atoms. The second-order valence-electron chi connectivity index (χ2n) is 8.25. The highest BCUT2D eigenvalue weighted by atomic mass is 32.2. The van der Waals surface area contributed by atoms with E-state index in [1.54, 1.807) is 6.07 Å². The van der Waals surface area contributed by atoms with Crippen LogP contribution in [0.5, 0.6) is 5.75 Å². The fourth-order valence-electron chi connectivity index (χ4n) is 4.41. The second-order valence-corrected chi connectivity index (χ2v) is 9.98. The van der Waals surface area contributed by atoms with E-state index in [1.807, 2.05) is 26.0 Å². The fraction of sp³-hybridized carbons (Fsp3) is 0.296. The maximum absolute atomic E-state index is 13.8. The molecule has 0 radical (unpaired) electrons. The lowest BCUT2D eigenvalue weighted by Gasteiger charge is -2.29. The largest absolute Gasteiger partial charge is 0.481 e. The quantitative estimate of drug-likeness (QED) is 0.243. The SMILES string of the molecule is C#Cc1cc[s+](-c2cc(C)c(OCC(=O)OC3(c4cccc(F)c4)CCCC3)c(C)c2)c1. The number of terminal acetylenes is 1. The maximum Gasteiger partial charge on any atom is 0.345 e. The molecule has 0 amide bonds. The minimum atomic E-state index is -0.770. The molecular weight excluding hydrogens is 423 g/mol. The smallest absolute Gasteiger partial charge is 0.345 e. The Morgan fingerprint density at radius 1 is 1.16 bits per heavy atom. The minimum absolute atomic E-state index is 0.157. The number of rotatable bonds is 6. The van der Waals surface area contributed by atoms with E-state index in [2.05, 4.69) is 28.8 Å². The summed E-state index contributed by atoms with van der Waals surface area (Å²) in [7, 11) is -0.157. The molecule has 1 fully saturated rings.